The Labute approximate surface area is 93.8 Å². The Morgan fingerprint density at radius 1 is 1.50 bits per heavy atom. The Kier molecular flexibility index (Phi) is 2.42. The lowest BCUT2D eigenvalue weighted by Gasteiger charge is -2.19. The van der Waals surface area contributed by atoms with Crippen molar-refractivity contribution in [2.75, 3.05) is 0 Å². The molecule has 0 unspecified atom stereocenters. The van der Waals surface area contributed by atoms with E-state index in [4.69, 9.17) is 4.74 Å². The third kappa shape index (κ3) is 2.05. The second-order valence-electron chi connectivity index (χ2n) is 4.52. The zero-order chi connectivity index (χ0) is 11.8. The first-order chi connectivity index (χ1) is 7.47. The summed E-state index contributed by atoms with van der Waals surface area (Å²) < 4.78 is 6.50. The van der Waals surface area contributed by atoms with Crippen LogP contribution in [0.5, 0.6) is 0 Å². The molecule has 2 aromatic rings. The first-order valence-electron chi connectivity index (χ1n) is 5.04. The van der Waals surface area contributed by atoms with Crippen molar-refractivity contribution >= 4 is 17.0 Å². The van der Waals surface area contributed by atoms with Gasteiger partial charge < -0.3 is 4.74 Å². The van der Waals surface area contributed by atoms with E-state index < -0.39 is 11.7 Å². The molecule has 16 heavy (non-hydrogen) atoms. The molecule has 1 heterocycles. The monoisotopic (exact) mass is 217 g/mol. The summed E-state index contributed by atoms with van der Waals surface area (Å²) in [5.41, 5.74) is 0.212. The van der Waals surface area contributed by atoms with Crippen LogP contribution in [0.25, 0.3) is 10.9 Å². The van der Waals surface area contributed by atoms with Gasteiger partial charge in [-0.3, -0.25) is 0 Å². The molecule has 0 bridgehead atoms. The third-order valence-electron chi connectivity index (χ3n) is 1.98. The largest absolute Gasteiger partial charge is 0.442 e. The van der Waals surface area contributed by atoms with Crippen LogP contribution in [0.15, 0.2) is 24.4 Å². The van der Waals surface area contributed by atoms with Gasteiger partial charge in [-0.25, -0.2) is 4.79 Å². The Balaban J connectivity index is 2.37. The summed E-state index contributed by atoms with van der Waals surface area (Å²) >= 11 is 0. The maximum atomic E-state index is 11.8. The molecular weight excluding hydrogens is 204 g/mol. The van der Waals surface area contributed by atoms with Crippen LogP contribution in [0.2, 0.25) is 0 Å². The van der Waals surface area contributed by atoms with Crippen LogP contribution >= 0.6 is 0 Å². The Hall–Kier alpha value is -1.84. The summed E-state index contributed by atoms with van der Waals surface area (Å²) in [6.07, 6.45) is 1.16. The number of fused-ring (bicyclic) bond motifs is 1. The first-order valence-corrected chi connectivity index (χ1v) is 5.04. The lowest BCUT2D eigenvalue weighted by atomic mass is 10.2. The van der Waals surface area contributed by atoms with E-state index in [-0.39, 0.29) is 0 Å². The minimum atomic E-state index is -0.518. The summed E-state index contributed by atoms with van der Waals surface area (Å²) in [5.74, 6) is 0. The van der Waals surface area contributed by atoms with Crippen LogP contribution in [0, 0.1) is 6.07 Å². The van der Waals surface area contributed by atoms with Crippen molar-refractivity contribution in [1.82, 2.24) is 9.78 Å². The van der Waals surface area contributed by atoms with Gasteiger partial charge in [0, 0.05) is 5.39 Å². The van der Waals surface area contributed by atoms with Crippen LogP contribution < -0.4 is 0 Å². The van der Waals surface area contributed by atoms with Crippen LogP contribution in [0.3, 0.4) is 0 Å². The summed E-state index contributed by atoms with van der Waals surface area (Å²) in [5, 5.41) is 4.87. The fourth-order valence-corrected chi connectivity index (χ4v) is 1.36. The molecule has 0 fully saturated rings. The highest BCUT2D eigenvalue weighted by atomic mass is 16.6. The fourth-order valence-electron chi connectivity index (χ4n) is 1.36. The SMILES string of the molecule is CC(C)(C)OC(=O)n1ncc2c[c]ccc21. The van der Waals surface area contributed by atoms with E-state index in [0.29, 0.717) is 0 Å². The summed E-state index contributed by atoms with van der Waals surface area (Å²) in [4.78, 5) is 11.8. The quantitative estimate of drug-likeness (QED) is 0.681. The first kappa shape index (κ1) is 10.7. The zero-order valence-electron chi connectivity index (χ0n) is 9.52. The molecule has 1 radical (unpaired) electrons. The fraction of sp³-hybridized carbons (Fsp3) is 0.333. The molecule has 4 heteroatoms. The van der Waals surface area contributed by atoms with Gasteiger partial charge in [-0.15, -0.1) is 0 Å². The second-order valence-corrected chi connectivity index (χ2v) is 4.52. The third-order valence-corrected chi connectivity index (χ3v) is 1.98. The van der Waals surface area contributed by atoms with E-state index in [1.54, 1.807) is 24.4 Å². The van der Waals surface area contributed by atoms with Gasteiger partial charge in [-0.1, -0.05) is 6.07 Å². The topological polar surface area (TPSA) is 44.1 Å². The van der Waals surface area contributed by atoms with Crippen molar-refractivity contribution in [2.24, 2.45) is 0 Å². The van der Waals surface area contributed by atoms with Crippen molar-refractivity contribution in [1.29, 1.82) is 0 Å². The highest BCUT2D eigenvalue weighted by Gasteiger charge is 2.19. The summed E-state index contributed by atoms with van der Waals surface area (Å²) in [7, 11) is 0. The maximum Gasteiger partial charge on any atom is 0.435 e. The molecule has 0 aliphatic rings. The van der Waals surface area contributed by atoms with Gasteiger partial charge in [-0.05, 0) is 39.0 Å². The van der Waals surface area contributed by atoms with E-state index in [1.807, 2.05) is 20.8 Å². The number of hydrogen-bond donors (Lipinski definition) is 0. The number of hydrogen-bond acceptors (Lipinski definition) is 3. The number of ether oxygens (including phenoxy) is 1. The molecule has 0 saturated heterocycles. The van der Waals surface area contributed by atoms with E-state index in [0.717, 1.165) is 10.9 Å². The zero-order valence-corrected chi connectivity index (χ0v) is 9.52. The Bertz CT molecular complexity index is 523. The molecule has 1 aromatic heterocycles. The molecule has 4 nitrogen and oxygen atoms in total. The molecule has 2 rings (SSSR count). The predicted molar refractivity (Wildman–Crippen MR) is 60.2 cm³/mol. The van der Waals surface area contributed by atoms with Gasteiger partial charge in [0.1, 0.15) is 5.60 Å². The molecule has 0 atom stereocenters. The number of benzene rings is 1. The van der Waals surface area contributed by atoms with Crippen molar-refractivity contribution in [3.8, 4) is 0 Å². The minimum absolute atomic E-state index is 0.464. The van der Waals surface area contributed by atoms with E-state index >= 15 is 0 Å². The molecule has 0 aliphatic carbocycles. The lowest BCUT2D eigenvalue weighted by Crippen LogP contribution is -2.27. The molecule has 83 valence electrons. The molecular formula is C12H13N2O2. The van der Waals surface area contributed by atoms with Crippen molar-refractivity contribution in [3.63, 3.8) is 0 Å². The average Bonchev–Trinajstić information content (AvgIpc) is 2.58. The van der Waals surface area contributed by atoms with Gasteiger partial charge in [0.25, 0.3) is 0 Å². The molecule has 1 aromatic carbocycles. The van der Waals surface area contributed by atoms with Gasteiger partial charge in [-0.2, -0.15) is 9.78 Å². The molecule has 0 N–H and O–H groups in total. The molecule has 0 spiro atoms. The normalized spacial score (nSPS) is 11.7. The number of carbonyl (C=O) groups is 1. The van der Waals surface area contributed by atoms with Crippen molar-refractivity contribution in [3.05, 3.63) is 30.5 Å². The van der Waals surface area contributed by atoms with Crippen LogP contribution in [0.4, 0.5) is 4.79 Å². The number of rotatable bonds is 0. The second kappa shape index (κ2) is 3.63. The van der Waals surface area contributed by atoms with E-state index in [9.17, 15) is 4.79 Å². The van der Waals surface area contributed by atoms with Gasteiger partial charge in [0.2, 0.25) is 0 Å². The Morgan fingerprint density at radius 2 is 2.25 bits per heavy atom. The standard InChI is InChI=1S/C12H13N2O2/c1-12(2,3)16-11(15)14-10-7-5-4-6-9(10)8-13-14/h5-8H,1-3H3. The predicted octanol–water partition coefficient (Wildman–Crippen LogP) is 2.62. The Morgan fingerprint density at radius 3 is 2.94 bits per heavy atom. The lowest BCUT2D eigenvalue weighted by molar-refractivity contribution is 0.0523. The highest BCUT2D eigenvalue weighted by Crippen LogP contribution is 2.15. The minimum Gasteiger partial charge on any atom is -0.442 e. The van der Waals surface area contributed by atoms with Gasteiger partial charge in [0.05, 0.1) is 11.7 Å². The number of nitrogens with zero attached hydrogens (tertiary/aromatic N) is 2. The number of carbonyl (C=O) groups excluding carboxylic acids is 1. The maximum absolute atomic E-state index is 11.8. The van der Waals surface area contributed by atoms with Crippen molar-refractivity contribution < 1.29 is 9.53 Å². The van der Waals surface area contributed by atoms with Crippen LogP contribution in [-0.4, -0.2) is 21.5 Å². The van der Waals surface area contributed by atoms with Crippen molar-refractivity contribution in [2.45, 2.75) is 26.4 Å². The average molecular weight is 217 g/mol. The van der Waals surface area contributed by atoms with Gasteiger partial charge >= 0.3 is 6.09 Å². The molecule has 0 aliphatic heterocycles. The molecule has 0 amide bonds. The summed E-state index contributed by atoms with van der Waals surface area (Å²) in [6, 6.07) is 8.24. The smallest absolute Gasteiger partial charge is 0.435 e. The van der Waals surface area contributed by atoms with E-state index in [1.165, 1.54) is 4.68 Å². The van der Waals surface area contributed by atoms with Crippen LogP contribution in [-0.2, 0) is 4.74 Å². The highest BCUT2D eigenvalue weighted by molar-refractivity contribution is 5.87. The van der Waals surface area contributed by atoms with Gasteiger partial charge in [0.15, 0.2) is 0 Å². The van der Waals surface area contributed by atoms with Crippen LogP contribution in [0.1, 0.15) is 20.8 Å². The number of aromatic nitrogens is 2. The molecule has 0 saturated carbocycles. The summed E-state index contributed by atoms with van der Waals surface area (Å²) in [6.45, 7) is 5.47. The van der Waals surface area contributed by atoms with E-state index in [2.05, 4.69) is 11.2 Å².